The molecule has 1 heterocycles. The molecule has 0 atom stereocenters. The molecule has 5 heteroatoms. The highest BCUT2D eigenvalue weighted by Crippen LogP contribution is 2.22. The Bertz CT molecular complexity index is 563. The fourth-order valence-corrected chi connectivity index (χ4v) is 1.49. The molecule has 4 nitrogen and oxygen atoms in total. The van der Waals surface area contributed by atoms with Gasteiger partial charge in [0.2, 0.25) is 0 Å². The van der Waals surface area contributed by atoms with Crippen molar-refractivity contribution < 1.29 is 9.21 Å². The van der Waals surface area contributed by atoms with E-state index in [9.17, 15) is 4.79 Å². The summed E-state index contributed by atoms with van der Waals surface area (Å²) < 4.78 is 5.20. The number of furan rings is 1. The van der Waals surface area contributed by atoms with Crippen LogP contribution in [0.25, 0.3) is 0 Å². The van der Waals surface area contributed by atoms with Crippen molar-refractivity contribution in [1.82, 2.24) is 0 Å². The molecule has 0 aliphatic rings. The molecule has 0 radical (unpaired) electrons. The molecule has 1 aromatic carbocycles. The van der Waals surface area contributed by atoms with Crippen LogP contribution in [-0.4, -0.2) is 5.91 Å². The first-order chi connectivity index (χ1) is 8.06. The number of carbonyl (C=O) groups excluding carboxylic acids is 1. The summed E-state index contributed by atoms with van der Waals surface area (Å²) in [6, 6.07) is 8.23. The van der Waals surface area contributed by atoms with Gasteiger partial charge in [-0.15, -0.1) is 0 Å². The number of halogens is 1. The van der Waals surface area contributed by atoms with Gasteiger partial charge in [-0.05, 0) is 37.3 Å². The zero-order chi connectivity index (χ0) is 12.4. The van der Waals surface area contributed by atoms with Crippen LogP contribution in [0, 0.1) is 6.92 Å². The first kappa shape index (κ1) is 11.5. The summed E-state index contributed by atoms with van der Waals surface area (Å²) in [5.74, 6) is 0.626. The van der Waals surface area contributed by atoms with Gasteiger partial charge < -0.3 is 15.5 Å². The molecular formula is C12H11ClN2O2. The van der Waals surface area contributed by atoms with Crippen LogP contribution in [-0.2, 0) is 0 Å². The number of benzene rings is 1. The second-order valence-corrected chi connectivity index (χ2v) is 4.01. The number of anilines is 2. The van der Waals surface area contributed by atoms with Gasteiger partial charge in [-0.1, -0.05) is 11.6 Å². The lowest BCUT2D eigenvalue weighted by molar-refractivity contribution is 0.0995. The maximum absolute atomic E-state index is 11.7. The summed E-state index contributed by atoms with van der Waals surface area (Å²) in [4.78, 5) is 11.7. The third kappa shape index (κ3) is 2.60. The Hall–Kier alpha value is -1.94. The highest BCUT2D eigenvalue weighted by atomic mass is 35.5. The number of hydrogen-bond donors (Lipinski definition) is 2. The van der Waals surface area contributed by atoms with Crippen LogP contribution in [0.15, 0.2) is 34.7 Å². The predicted octanol–water partition coefficient (Wildman–Crippen LogP) is 3.08. The summed E-state index contributed by atoms with van der Waals surface area (Å²) in [5.41, 5.74) is 6.62. The highest BCUT2D eigenvalue weighted by Gasteiger charge is 2.10. The van der Waals surface area contributed by atoms with Crippen LogP contribution in [0.5, 0.6) is 0 Å². The van der Waals surface area contributed by atoms with E-state index in [0.717, 1.165) is 0 Å². The van der Waals surface area contributed by atoms with Crippen LogP contribution in [0.4, 0.5) is 11.4 Å². The normalized spacial score (nSPS) is 10.2. The number of nitrogens with two attached hydrogens (primary N) is 1. The van der Waals surface area contributed by atoms with E-state index < -0.39 is 0 Å². The van der Waals surface area contributed by atoms with Gasteiger partial charge in [-0.2, -0.15) is 0 Å². The maximum Gasteiger partial charge on any atom is 0.291 e. The third-order valence-electron chi connectivity index (χ3n) is 2.22. The van der Waals surface area contributed by atoms with Crippen molar-refractivity contribution in [3.63, 3.8) is 0 Å². The molecule has 0 unspecified atom stereocenters. The fourth-order valence-electron chi connectivity index (χ4n) is 1.37. The molecule has 0 saturated heterocycles. The Balaban J connectivity index is 2.15. The molecule has 0 aliphatic heterocycles. The Morgan fingerprint density at radius 2 is 2.12 bits per heavy atom. The molecule has 0 spiro atoms. The minimum absolute atomic E-state index is 0.260. The monoisotopic (exact) mass is 250 g/mol. The second kappa shape index (κ2) is 4.51. The largest absolute Gasteiger partial charge is 0.456 e. The molecule has 1 aromatic heterocycles. The Kier molecular flexibility index (Phi) is 3.06. The van der Waals surface area contributed by atoms with E-state index >= 15 is 0 Å². The van der Waals surface area contributed by atoms with Crippen molar-refractivity contribution in [3.05, 3.63) is 46.9 Å². The van der Waals surface area contributed by atoms with E-state index in [1.54, 1.807) is 37.3 Å². The number of nitrogens with one attached hydrogen (secondary N) is 1. The SMILES string of the molecule is Cc1ccc(C(=O)Nc2ccc(Cl)c(N)c2)o1. The average Bonchev–Trinajstić information content (AvgIpc) is 2.70. The van der Waals surface area contributed by atoms with Crippen LogP contribution in [0.3, 0.4) is 0 Å². The first-order valence-corrected chi connectivity index (χ1v) is 5.37. The predicted molar refractivity (Wildman–Crippen MR) is 67.3 cm³/mol. The van der Waals surface area contributed by atoms with Crippen molar-refractivity contribution >= 4 is 28.9 Å². The van der Waals surface area contributed by atoms with E-state index in [1.165, 1.54) is 0 Å². The minimum atomic E-state index is -0.320. The second-order valence-electron chi connectivity index (χ2n) is 3.60. The number of hydrogen-bond acceptors (Lipinski definition) is 3. The zero-order valence-electron chi connectivity index (χ0n) is 9.16. The topological polar surface area (TPSA) is 68.3 Å². The van der Waals surface area contributed by atoms with Crippen molar-refractivity contribution in [1.29, 1.82) is 0 Å². The lowest BCUT2D eigenvalue weighted by atomic mass is 10.2. The number of rotatable bonds is 2. The fraction of sp³-hybridized carbons (Fsp3) is 0.0833. The lowest BCUT2D eigenvalue weighted by Crippen LogP contribution is -2.11. The van der Waals surface area contributed by atoms with E-state index in [1.807, 2.05) is 0 Å². The third-order valence-corrected chi connectivity index (χ3v) is 2.56. The van der Waals surface area contributed by atoms with E-state index in [0.29, 0.717) is 22.2 Å². The summed E-state index contributed by atoms with van der Waals surface area (Å²) in [6.07, 6.45) is 0. The van der Waals surface area contributed by atoms with Gasteiger partial charge in [0.1, 0.15) is 5.76 Å². The molecule has 88 valence electrons. The Labute approximate surface area is 103 Å². The summed E-state index contributed by atoms with van der Waals surface area (Å²) >= 11 is 5.78. The number of aryl methyl sites for hydroxylation is 1. The Morgan fingerprint density at radius 1 is 1.35 bits per heavy atom. The van der Waals surface area contributed by atoms with E-state index in [-0.39, 0.29) is 11.7 Å². The molecule has 0 fully saturated rings. The quantitative estimate of drug-likeness (QED) is 0.805. The lowest BCUT2D eigenvalue weighted by Gasteiger charge is -2.05. The summed E-state index contributed by atoms with van der Waals surface area (Å²) in [5, 5.41) is 3.12. The Morgan fingerprint density at radius 3 is 2.71 bits per heavy atom. The number of nitrogen functional groups attached to an aromatic ring is 1. The van der Waals surface area contributed by atoms with Gasteiger partial charge >= 0.3 is 0 Å². The first-order valence-electron chi connectivity index (χ1n) is 4.99. The van der Waals surface area contributed by atoms with Crippen LogP contribution >= 0.6 is 11.6 Å². The van der Waals surface area contributed by atoms with Gasteiger partial charge in [0.25, 0.3) is 5.91 Å². The molecule has 17 heavy (non-hydrogen) atoms. The molecule has 2 rings (SSSR count). The highest BCUT2D eigenvalue weighted by molar-refractivity contribution is 6.33. The zero-order valence-corrected chi connectivity index (χ0v) is 9.91. The summed E-state index contributed by atoms with van der Waals surface area (Å²) in [7, 11) is 0. The molecule has 1 amide bonds. The van der Waals surface area contributed by atoms with Gasteiger partial charge in [0.05, 0.1) is 10.7 Å². The van der Waals surface area contributed by atoms with E-state index in [2.05, 4.69) is 5.32 Å². The minimum Gasteiger partial charge on any atom is -0.456 e. The van der Waals surface area contributed by atoms with Gasteiger partial charge in [0, 0.05) is 5.69 Å². The van der Waals surface area contributed by atoms with Crippen LogP contribution in [0.2, 0.25) is 5.02 Å². The van der Waals surface area contributed by atoms with Gasteiger partial charge in [0.15, 0.2) is 5.76 Å². The van der Waals surface area contributed by atoms with Crippen LogP contribution in [0.1, 0.15) is 16.3 Å². The molecular weight excluding hydrogens is 240 g/mol. The average molecular weight is 251 g/mol. The van der Waals surface area contributed by atoms with Gasteiger partial charge in [-0.3, -0.25) is 4.79 Å². The number of carbonyl (C=O) groups is 1. The molecule has 0 aliphatic carbocycles. The van der Waals surface area contributed by atoms with Crippen LogP contribution < -0.4 is 11.1 Å². The van der Waals surface area contributed by atoms with Crippen molar-refractivity contribution in [2.45, 2.75) is 6.92 Å². The molecule has 3 N–H and O–H groups in total. The smallest absolute Gasteiger partial charge is 0.291 e. The number of amides is 1. The standard InChI is InChI=1S/C12H11ClN2O2/c1-7-2-5-11(17-7)12(16)15-8-3-4-9(13)10(14)6-8/h2-6H,14H2,1H3,(H,15,16). The molecule has 0 bridgehead atoms. The van der Waals surface area contributed by atoms with Crippen molar-refractivity contribution in [3.8, 4) is 0 Å². The van der Waals surface area contributed by atoms with Gasteiger partial charge in [-0.25, -0.2) is 0 Å². The molecule has 2 aromatic rings. The van der Waals surface area contributed by atoms with E-state index in [4.69, 9.17) is 21.8 Å². The maximum atomic E-state index is 11.7. The van der Waals surface area contributed by atoms with Crippen molar-refractivity contribution in [2.24, 2.45) is 0 Å². The summed E-state index contributed by atoms with van der Waals surface area (Å²) in [6.45, 7) is 1.77. The molecule has 0 saturated carbocycles. The van der Waals surface area contributed by atoms with Crippen molar-refractivity contribution in [2.75, 3.05) is 11.1 Å².